The van der Waals surface area contributed by atoms with E-state index in [-0.39, 0.29) is 11.7 Å². The maximum Gasteiger partial charge on any atom is 0.124 e. The molecule has 3 N–H and O–H groups in total. The van der Waals surface area contributed by atoms with Gasteiger partial charge in [0.25, 0.3) is 0 Å². The Morgan fingerprint density at radius 1 is 1.44 bits per heavy atom. The van der Waals surface area contributed by atoms with E-state index in [2.05, 4.69) is 6.92 Å². The molecule has 0 radical (unpaired) electrons. The Hall–Kier alpha value is -1.03. The average molecular weight is 266 g/mol. The van der Waals surface area contributed by atoms with Crippen LogP contribution in [0.3, 0.4) is 0 Å². The van der Waals surface area contributed by atoms with Crippen LogP contribution in [0, 0.1) is 17.1 Å². The summed E-state index contributed by atoms with van der Waals surface area (Å²) in [7, 11) is 0. The van der Waals surface area contributed by atoms with Crippen LogP contribution in [0.25, 0.3) is 0 Å². The first-order valence-electron chi connectivity index (χ1n) is 6.37. The molecule has 1 aromatic rings. The molecule has 0 spiro atoms. The van der Waals surface area contributed by atoms with E-state index in [4.69, 9.17) is 11.1 Å². The molecule has 1 fully saturated rings. The Morgan fingerprint density at radius 2 is 2.22 bits per heavy atom. The van der Waals surface area contributed by atoms with Crippen molar-refractivity contribution in [2.24, 2.45) is 11.7 Å². The van der Waals surface area contributed by atoms with E-state index in [1.54, 1.807) is 17.8 Å². The van der Waals surface area contributed by atoms with Crippen molar-refractivity contribution in [3.8, 4) is 0 Å². The predicted octanol–water partition coefficient (Wildman–Crippen LogP) is 3.78. The molecule has 2 atom stereocenters. The molecule has 0 aromatic heterocycles. The highest BCUT2D eigenvalue weighted by molar-refractivity contribution is 8.00. The number of thioether (sulfide) groups is 1. The van der Waals surface area contributed by atoms with Gasteiger partial charge < -0.3 is 5.73 Å². The summed E-state index contributed by atoms with van der Waals surface area (Å²) in [6.45, 7) is 2.28. The van der Waals surface area contributed by atoms with Gasteiger partial charge in [0.1, 0.15) is 11.7 Å². The zero-order valence-corrected chi connectivity index (χ0v) is 11.4. The maximum atomic E-state index is 13.2. The van der Waals surface area contributed by atoms with Gasteiger partial charge in [-0.2, -0.15) is 0 Å². The largest absolute Gasteiger partial charge is 0.384 e. The number of hydrogen-bond donors (Lipinski definition) is 2. The molecular weight excluding hydrogens is 247 g/mol. The van der Waals surface area contributed by atoms with E-state index >= 15 is 0 Å². The fourth-order valence-electron chi connectivity index (χ4n) is 2.48. The Balaban J connectivity index is 2.15. The van der Waals surface area contributed by atoms with Gasteiger partial charge in [0.2, 0.25) is 0 Å². The highest BCUT2D eigenvalue weighted by atomic mass is 32.2. The van der Waals surface area contributed by atoms with E-state index in [0.717, 1.165) is 10.8 Å². The van der Waals surface area contributed by atoms with Crippen LogP contribution < -0.4 is 5.73 Å². The van der Waals surface area contributed by atoms with E-state index in [9.17, 15) is 4.39 Å². The van der Waals surface area contributed by atoms with E-state index in [0.29, 0.717) is 10.8 Å². The summed E-state index contributed by atoms with van der Waals surface area (Å²) in [5, 5.41) is 8.09. The van der Waals surface area contributed by atoms with Crippen molar-refractivity contribution in [1.29, 1.82) is 5.41 Å². The molecule has 0 amide bonds. The highest BCUT2D eigenvalue weighted by Gasteiger charge is 2.21. The number of hydrogen-bond acceptors (Lipinski definition) is 2. The molecular formula is C14H19FN2S. The highest BCUT2D eigenvalue weighted by Crippen LogP contribution is 2.37. The molecule has 1 aliphatic rings. The quantitative estimate of drug-likeness (QED) is 0.646. The summed E-state index contributed by atoms with van der Waals surface area (Å²) in [5.41, 5.74) is 6.05. The third-order valence-corrected chi connectivity index (χ3v) is 4.79. The first kappa shape index (κ1) is 13.4. The zero-order valence-electron chi connectivity index (χ0n) is 10.6. The second-order valence-corrected chi connectivity index (χ2v) is 6.41. The molecule has 2 rings (SSSR count). The molecule has 1 aromatic carbocycles. The number of rotatable bonds is 3. The van der Waals surface area contributed by atoms with E-state index in [1.807, 2.05) is 0 Å². The van der Waals surface area contributed by atoms with Crippen molar-refractivity contribution >= 4 is 17.6 Å². The Labute approximate surface area is 112 Å². The van der Waals surface area contributed by atoms with Crippen LogP contribution in [0.1, 0.15) is 38.2 Å². The van der Waals surface area contributed by atoms with Gasteiger partial charge in [0.05, 0.1) is 0 Å². The predicted molar refractivity (Wildman–Crippen MR) is 74.7 cm³/mol. The lowest BCUT2D eigenvalue weighted by atomic mass is 9.91. The topological polar surface area (TPSA) is 49.9 Å². The second-order valence-electron chi connectivity index (χ2n) is 5.07. The normalized spacial score (nSPS) is 23.9. The minimum Gasteiger partial charge on any atom is -0.384 e. The molecule has 0 bridgehead atoms. The van der Waals surface area contributed by atoms with E-state index in [1.165, 1.54) is 37.8 Å². The summed E-state index contributed by atoms with van der Waals surface area (Å²) in [5.74, 6) is 0.375. The number of benzene rings is 1. The van der Waals surface area contributed by atoms with Crippen molar-refractivity contribution in [3.63, 3.8) is 0 Å². The van der Waals surface area contributed by atoms with Crippen molar-refractivity contribution in [3.05, 3.63) is 29.6 Å². The number of halogens is 1. The first-order valence-corrected chi connectivity index (χ1v) is 7.25. The number of amidine groups is 1. The van der Waals surface area contributed by atoms with Crippen LogP contribution in [0.15, 0.2) is 23.1 Å². The lowest BCUT2D eigenvalue weighted by Gasteiger charge is -2.26. The molecule has 1 aliphatic carbocycles. The standard InChI is InChI=1S/C14H19FN2S/c1-9-3-2-4-11(7-9)18-13-6-5-10(15)8-12(13)14(16)17/h5-6,8-9,11H,2-4,7H2,1H3,(H3,16,17). The Bertz CT molecular complexity index is 447. The summed E-state index contributed by atoms with van der Waals surface area (Å²) in [4.78, 5) is 0.933. The van der Waals surface area contributed by atoms with Gasteiger partial charge in [-0.1, -0.05) is 19.8 Å². The Kier molecular flexibility index (Phi) is 4.27. The molecule has 0 aliphatic heterocycles. The molecule has 2 nitrogen and oxygen atoms in total. The van der Waals surface area contributed by atoms with Crippen LogP contribution in [-0.4, -0.2) is 11.1 Å². The SMILES string of the molecule is CC1CCCC(Sc2ccc(F)cc2C(=N)N)C1. The fourth-order valence-corrected chi connectivity index (χ4v) is 3.99. The summed E-state index contributed by atoms with van der Waals surface area (Å²) < 4.78 is 13.2. The van der Waals surface area contributed by atoms with Gasteiger partial charge in [0.15, 0.2) is 0 Å². The molecule has 2 unspecified atom stereocenters. The molecule has 1 saturated carbocycles. The third kappa shape index (κ3) is 3.25. The fraction of sp³-hybridized carbons (Fsp3) is 0.500. The lowest BCUT2D eigenvalue weighted by Crippen LogP contribution is -2.17. The van der Waals surface area contributed by atoms with Crippen molar-refractivity contribution in [2.75, 3.05) is 0 Å². The van der Waals surface area contributed by atoms with Gasteiger partial charge in [-0.3, -0.25) is 5.41 Å². The molecule has 0 heterocycles. The van der Waals surface area contributed by atoms with Crippen LogP contribution in [0.5, 0.6) is 0 Å². The summed E-state index contributed by atoms with van der Waals surface area (Å²) in [6, 6.07) is 4.55. The van der Waals surface area contributed by atoms with Gasteiger partial charge in [-0.15, -0.1) is 11.8 Å². The zero-order chi connectivity index (χ0) is 13.1. The molecule has 98 valence electrons. The first-order chi connectivity index (χ1) is 8.56. The van der Waals surface area contributed by atoms with Gasteiger partial charge in [0, 0.05) is 15.7 Å². The molecule has 0 saturated heterocycles. The van der Waals surface area contributed by atoms with Crippen LogP contribution in [0.2, 0.25) is 0 Å². The smallest absolute Gasteiger partial charge is 0.124 e. The Morgan fingerprint density at radius 3 is 2.89 bits per heavy atom. The summed E-state index contributed by atoms with van der Waals surface area (Å²) in [6.07, 6.45) is 4.96. The average Bonchev–Trinajstić information content (AvgIpc) is 2.31. The van der Waals surface area contributed by atoms with Gasteiger partial charge in [-0.25, -0.2) is 4.39 Å². The van der Waals surface area contributed by atoms with E-state index < -0.39 is 0 Å². The monoisotopic (exact) mass is 266 g/mol. The second kappa shape index (κ2) is 5.74. The molecule has 18 heavy (non-hydrogen) atoms. The third-order valence-electron chi connectivity index (χ3n) is 3.41. The summed E-state index contributed by atoms with van der Waals surface area (Å²) >= 11 is 1.74. The van der Waals surface area contributed by atoms with Gasteiger partial charge >= 0.3 is 0 Å². The van der Waals surface area contributed by atoms with Crippen molar-refractivity contribution < 1.29 is 4.39 Å². The lowest BCUT2D eigenvalue weighted by molar-refractivity contribution is 0.394. The maximum absolute atomic E-state index is 13.2. The minimum absolute atomic E-state index is 0.0548. The van der Waals surface area contributed by atoms with Crippen LogP contribution >= 0.6 is 11.8 Å². The van der Waals surface area contributed by atoms with Gasteiger partial charge in [-0.05, 0) is 37.0 Å². The van der Waals surface area contributed by atoms with Crippen molar-refractivity contribution in [1.82, 2.24) is 0 Å². The van der Waals surface area contributed by atoms with Crippen LogP contribution in [0.4, 0.5) is 4.39 Å². The number of nitrogens with one attached hydrogen (secondary N) is 1. The van der Waals surface area contributed by atoms with Crippen LogP contribution in [-0.2, 0) is 0 Å². The number of nitrogen functional groups attached to an aromatic ring is 1. The van der Waals surface area contributed by atoms with Crippen molar-refractivity contribution in [2.45, 2.75) is 42.8 Å². The number of nitrogens with two attached hydrogens (primary N) is 1. The minimum atomic E-state index is -0.332. The molecule has 4 heteroatoms.